The minimum Gasteiger partial charge on any atom is -0.431 e. The average molecular weight is 602 g/mol. The van der Waals surface area contributed by atoms with Gasteiger partial charge in [0.15, 0.2) is 0 Å². The highest BCUT2D eigenvalue weighted by Crippen LogP contribution is 2.31. The maximum absolute atomic E-state index is 14.0. The van der Waals surface area contributed by atoms with Crippen molar-refractivity contribution in [3.63, 3.8) is 0 Å². The fourth-order valence-corrected chi connectivity index (χ4v) is 4.69. The fourth-order valence-electron chi connectivity index (χ4n) is 3.87. The van der Waals surface area contributed by atoms with Crippen LogP contribution in [0.5, 0.6) is 0 Å². The van der Waals surface area contributed by atoms with Gasteiger partial charge in [-0.3, -0.25) is 9.59 Å². The van der Waals surface area contributed by atoms with Gasteiger partial charge in [-0.2, -0.15) is 0 Å². The zero-order chi connectivity index (χ0) is 26.4. The fraction of sp³-hybridized carbons (Fsp3) is 0.346. The number of halogens is 5. The first-order valence-electron chi connectivity index (χ1n) is 11.4. The van der Waals surface area contributed by atoms with Crippen LogP contribution in [0.15, 0.2) is 40.9 Å². The molecule has 0 saturated heterocycles. The lowest BCUT2D eigenvalue weighted by Crippen LogP contribution is -2.30. The predicted molar refractivity (Wildman–Crippen MR) is 141 cm³/mol. The lowest BCUT2D eigenvalue weighted by molar-refractivity contribution is -0.158. The van der Waals surface area contributed by atoms with Crippen LogP contribution in [0.4, 0.5) is 8.78 Å². The van der Waals surface area contributed by atoms with E-state index >= 15 is 0 Å². The van der Waals surface area contributed by atoms with Crippen LogP contribution in [0.3, 0.4) is 0 Å². The number of benzene rings is 2. The molecule has 0 aliphatic rings. The number of hydrogen-bond donors (Lipinski definition) is 1. The monoisotopic (exact) mass is 600 g/mol. The number of pyridine rings is 1. The molecule has 1 amide bonds. The molecule has 3 rings (SSSR count). The topological polar surface area (TPSA) is 68.3 Å². The molecule has 0 radical (unpaired) electrons. The number of carbonyl (C=O) groups is 2. The van der Waals surface area contributed by atoms with E-state index in [9.17, 15) is 18.4 Å². The smallest absolute Gasteiger partial charge is 0.308 e. The summed E-state index contributed by atoms with van der Waals surface area (Å²) in [6.45, 7) is 3.52. The maximum Gasteiger partial charge on any atom is 0.308 e. The molecule has 1 N–H and O–H groups in total. The predicted octanol–water partition coefficient (Wildman–Crippen LogP) is 7.68. The second kappa shape index (κ2) is 12.8. The molecule has 0 bridgehead atoms. The van der Waals surface area contributed by atoms with E-state index in [2.05, 4.69) is 26.2 Å². The number of nitrogens with one attached hydrogen (secondary N) is 1. The largest absolute Gasteiger partial charge is 0.431 e. The van der Waals surface area contributed by atoms with Crippen molar-refractivity contribution in [1.82, 2.24) is 10.3 Å². The molecule has 192 valence electrons. The normalized spacial score (nSPS) is 12.9. The molecule has 1 aromatic heterocycles. The van der Waals surface area contributed by atoms with Gasteiger partial charge in [-0.15, -0.1) is 0 Å². The third-order valence-electron chi connectivity index (χ3n) is 5.74. The third-order valence-corrected chi connectivity index (χ3v) is 6.94. The van der Waals surface area contributed by atoms with Gasteiger partial charge in [-0.1, -0.05) is 46.1 Å². The van der Waals surface area contributed by atoms with Crippen molar-refractivity contribution in [2.75, 3.05) is 6.54 Å². The maximum atomic E-state index is 14.0. The highest BCUT2D eigenvalue weighted by atomic mass is 79.9. The molecule has 2 atom stereocenters. The van der Waals surface area contributed by atoms with Gasteiger partial charge in [0.2, 0.25) is 6.36 Å². The first kappa shape index (κ1) is 28.3. The molecule has 3 aromatic rings. The quantitative estimate of drug-likeness (QED) is 0.191. The Morgan fingerprint density at radius 3 is 2.64 bits per heavy atom. The molecule has 2 aromatic carbocycles. The number of rotatable bonds is 10. The first-order valence-corrected chi connectivity index (χ1v) is 13.0. The SMILES string of the molecule is CCCC(F)OC(=O)CCC(CNC(=O)c1c(C)c(Cl)nc2ccc(Br)cc12)c1cc(F)ccc1Cl. The van der Waals surface area contributed by atoms with Gasteiger partial charge >= 0.3 is 5.97 Å². The summed E-state index contributed by atoms with van der Waals surface area (Å²) in [5.74, 6) is -2.17. The summed E-state index contributed by atoms with van der Waals surface area (Å²) in [5, 5.41) is 3.96. The molecular weight excluding hydrogens is 577 g/mol. The van der Waals surface area contributed by atoms with E-state index in [0.717, 1.165) is 4.47 Å². The number of esters is 1. The van der Waals surface area contributed by atoms with Gasteiger partial charge in [-0.05, 0) is 67.3 Å². The molecular formula is C26H25BrCl2F2N2O3. The first-order chi connectivity index (χ1) is 17.1. The van der Waals surface area contributed by atoms with Crippen molar-refractivity contribution >= 4 is 61.9 Å². The van der Waals surface area contributed by atoms with Gasteiger partial charge in [0, 0.05) is 40.2 Å². The van der Waals surface area contributed by atoms with Crippen LogP contribution in [-0.4, -0.2) is 29.8 Å². The van der Waals surface area contributed by atoms with Crippen LogP contribution >= 0.6 is 39.1 Å². The zero-order valence-corrected chi connectivity index (χ0v) is 22.8. The van der Waals surface area contributed by atoms with Gasteiger partial charge in [0.05, 0.1) is 11.1 Å². The Bertz CT molecular complexity index is 1280. The summed E-state index contributed by atoms with van der Waals surface area (Å²) >= 11 is 16.0. The van der Waals surface area contributed by atoms with E-state index in [1.165, 1.54) is 18.2 Å². The molecule has 1 heterocycles. The number of ether oxygens (including phenoxy) is 1. The van der Waals surface area contributed by atoms with E-state index < -0.39 is 30.0 Å². The molecule has 0 aliphatic heterocycles. The van der Waals surface area contributed by atoms with E-state index in [1.807, 2.05) is 0 Å². The highest BCUT2D eigenvalue weighted by Gasteiger charge is 2.23. The number of hydrogen-bond acceptors (Lipinski definition) is 4. The summed E-state index contributed by atoms with van der Waals surface area (Å²) in [6.07, 6.45) is -1.01. The van der Waals surface area contributed by atoms with Gasteiger partial charge < -0.3 is 10.1 Å². The van der Waals surface area contributed by atoms with Gasteiger partial charge in [0.25, 0.3) is 5.91 Å². The molecule has 2 unspecified atom stereocenters. The molecule has 0 aliphatic carbocycles. The van der Waals surface area contributed by atoms with Crippen molar-refractivity contribution in [3.05, 3.63) is 73.6 Å². The second-order valence-corrected chi connectivity index (χ2v) is 10.0. The van der Waals surface area contributed by atoms with Gasteiger partial charge in [0.1, 0.15) is 11.0 Å². The minimum atomic E-state index is -1.68. The van der Waals surface area contributed by atoms with Crippen molar-refractivity contribution in [1.29, 1.82) is 0 Å². The summed E-state index contributed by atoms with van der Waals surface area (Å²) in [6, 6.07) is 9.23. The number of fused-ring (bicyclic) bond motifs is 1. The number of amides is 1. The zero-order valence-electron chi connectivity index (χ0n) is 19.7. The lowest BCUT2D eigenvalue weighted by Gasteiger charge is -2.20. The summed E-state index contributed by atoms with van der Waals surface area (Å²) in [5.41, 5.74) is 1.84. The Balaban J connectivity index is 1.84. The second-order valence-electron chi connectivity index (χ2n) is 8.36. The number of aromatic nitrogens is 1. The molecule has 36 heavy (non-hydrogen) atoms. The molecule has 10 heteroatoms. The highest BCUT2D eigenvalue weighted by molar-refractivity contribution is 9.10. The number of alkyl halides is 1. The van der Waals surface area contributed by atoms with Crippen LogP contribution in [-0.2, 0) is 9.53 Å². The Labute approximate surface area is 226 Å². The average Bonchev–Trinajstić information content (AvgIpc) is 2.82. The van der Waals surface area contributed by atoms with Crippen LogP contribution in [0.25, 0.3) is 10.9 Å². The number of nitrogens with zero attached hydrogens (tertiary/aromatic N) is 1. The standard InChI is InChI=1S/C26H25BrCl2F2N2O3/c1-3-4-22(31)36-23(34)10-5-15(18-12-17(30)7-8-20(18)28)13-32-26(35)24-14(2)25(29)33-21-9-6-16(27)11-19(21)24/h6-9,11-12,15,22H,3-5,10,13H2,1-2H3,(H,32,35). The van der Waals surface area contributed by atoms with E-state index in [1.54, 1.807) is 32.0 Å². The Morgan fingerprint density at radius 1 is 1.17 bits per heavy atom. The molecule has 0 saturated carbocycles. The lowest BCUT2D eigenvalue weighted by atomic mass is 9.93. The van der Waals surface area contributed by atoms with Crippen LogP contribution in [0, 0.1) is 12.7 Å². The van der Waals surface area contributed by atoms with Crippen molar-refractivity contribution in [2.45, 2.75) is 51.8 Å². The van der Waals surface area contributed by atoms with Crippen LogP contribution < -0.4 is 5.32 Å². The Morgan fingerprint density at radius 2 is 1.92 bits per heavy atom. The third kappa shape index (κ3) is 7.14. The van der Waals surface area contributed by atoms with E-state index in [0.29, 0.717) is 34.0 Å². The Hall–Kier alpha value is -2.29. The molecule has 5 nitrogen and oxygen atoms in total. The van der Waals surface area contributed by atoms with E-state index in [-0.39, 0.29) is 36.0 Å². The van der Waals surface area contributed by atoms with Crippen LogP contribution in [0.2, 0.25) is 10.2 Å². The summed E-state index contributed by atoms with van der Waals surface area (Å²) in [7, 11) is 0. The van der Waals surface area contributed by atoms with Gasteiger partial charge in [-0.25, -0.2) is 13.8 Å². The number of carbonyl (C=O) groups excluding carboxylic acids is 2. The Kier molecular flexibility index (Phi) is 10.0. The van der Waals surface area contributed by atoms with E-state index in [4.69, 9.17) is 27.9 Å². The van der Waals surface area contributed by atoms with Crippen molar-refractivity contribution < 1.29 is 23.1 Å². The summed E-state index contributed by atoms with van der Waals surface area (Å²) < 4.78 is 33.3. The van der Waals surface area contributed by atoms with Crippen molar-refractivity contribution in [3.8, 4) is 0 Å². The molecule has 0 spiro atoms. The van der Waals surface area contributed by atoms with Crippen LogP contribution in [0.1, 0.15) is 60.0 Å². The molecule has 0 fully saturated rings. The summed E-state index contributed by atoms with van der Waals surface area (Å²) in [4.78, 5) is 29.8. The van der Waals surface area contributed by atoms with Crippen molar-refractivity contribution in [2.24, 2.45) is 0 Å². The minimum absolute atomic E-state index is 0.0399.